The summed E-state index contributed by atoms with van der Waals surface area (Å²) >= 11 is 5.94. The fourth-order valence-electron chi connectivity index (χ4n) is 1.27. The van der Waals surface area contributed by atoms with Crippen LogP contribution in [0.3, 0.4) is 0 Å². The van der Waals surface area contributed by atoms with E-state index in [0.717, 1.165) is 17.7 Å². The van der Waals surface area contributed by atoms with Gasteiger partial charge in [-0.2, -0.15) is 0 Å². The molecule has 0 amide bonds. The van der Waals surface area contributed by atoms with Crippen LogP contribution < -0.4 is 15.2 Å². The smallest absolute Gasteiger partial charge is 0.137 e. The fraction of sp³-hybridized carbons (Fsp3) is 0.400. The number of halogens is 1. The summed E-state index contributed by atoms with van der Waals surface area (Å²) in [6.45, 7) is 0.571. The minimum absolute atomic E-state index is 0.546. The summed E-state index contributed by atoms with van der Waals surface area (Å²) in [6.07, 6.45) is 0.747. The van der Waals surface area contributed by atoms with E-state index in [2.05, 4.69) is 0 Å². The Bertz CT molecular complexity index is 315. The lowest BCUT2D eigenvalue weighted by Gasteiger charge is -2.11. The first-order valence-corrected chi connectivity index (χ1v) is 4.71. The molecule has 4 heteroatoms. The number of ether oxygens (including phenoxy) is 2. The Balaban J connectivity index is 3.11. The van der Waals surface area contributed by atoms with E-state index in [1.165, 1.54) is 0 Å². The van der Waals surface area contributed by atoms with Crippen molar-refractivity contribution in [2.45, 2.75) is 6.42 Å². The average molecular weight is 217 g/mol. The molecule has 1 aromatic carbocycles. The Morgan fingerprint density at radius 1 is 1.21 bits per heavy atom. The Kier molecular flexibility index (Phi) is 4.04. The van der Waals surface area contributed by atoms with E-state index in [-0.39, 0.29) is 0 Å². The molecule has 0 aromatic heterocycles. The predicted molar refractivity (Wildman–Crippen MR) is 57.3 cm³/mol. The largest absolute Gasteiger partial charge is 0.496 e. The van der Waals surface area contributed by atoms with Crippen LogP contribution in [-0.2, 0) is 6.42 Å². The second-order valence-corrected chi connectivity index (χ2v) is 3.24. The molecule has 0 spiro atoms. The van der Waals surface area contributed by atoms with Gasteiger partial charge in [0.25, 0.3) is 0 Å². The molecule has 0 atom stereocenters. The van der Waals surface area contributed by atoms with Crippen LogP contribution in [0.25, 0.3) is 0 Å². The number of hydrogen-bond donors (Lipinski definition) is 1. The molecule has 78 valence electrons. The van der Waals surface area contributed by atoms with Crippen molar-refractivity contribution >= 4 is 11.6 Å². The zero-order valence-corrected chi connectivity index (χ0v) is 9.10. The van der Waals surface area contributed by atoms with Gasteiger partial charge in [-0.15, -0.1) is 0 Å². The van der Waals surface area contributed by atoms with Gasteiger partial charge in [-0.05, 0) is 24.6 Å². The van der Waals surface area contributed by atoms with E-state index >= 15 is 0 Å². The Morgan fingerprint density at radius 2 is 1.86 bits per heavy atom. The van der Waals surface area contributed by atoms with Gasteiger partial charge in [-0.25, -0.2) is 0 Å². The molecule has 0 heterocycles. The van der Waals surface area contributed by atoms with Crippen LogP contribution in [0.5, 0.6) is 11.5 Å². The first kappa shape index (κ1) is 11.1. The van der Waals surface area contributed by atoms with E-state index < -0.39 is 0 Å². The SMILES string of the molecule is COc1cc(Cl)c(OC)[13cH]c1CCN. The van der Waals surface area contributed by atoms with Crippen molar-refractivity contribution in [3.05, 3.63) is 22.7 Å². The van der Waals surface area contributed by atoms with E-state index in [1.807, 2.05) is 6.07 Å². The Hall–Kier alpha value is -0.930. The van der Waals surface area contributed by atoms with Crippen molar-refractivity contribution in [2.24, 2.45) is 5.73 Å². The highest BCUT2D eigenvalue weighted by atomic mass is 35.5. The second-order valence-electron chi connectivity index (χ2n) is 2.84. The lowest BCUT2D eigenvalue weighted by molar-refractivity contribution is 0.399. The third kappa shape index (κ3) is 2.30. The highest BCUT2D eigenvalue weighted by molar-refractivity contribution is 6.32. The van der Waals surface area contributed by atoms with Gasteiger partial charge in [-0.3, -0.25) is 0 Å². The van der Waals surface area contributed by atoms with Gasteiger partial charge in [0, 0.05) is 6.07 Å². The number of hydrogen-bond acceptors (Lipinski definition) is 3. The molecule has 0 aliphatic carbocycles. The third-order valence-electron chi connectivity index (χ3n) is 1.97. The predicted octanol–water partition coefficient (Wildman–Crippen LogP) is 1.86. The standard InChI is InChI=1S/C10H14ClNO2/c1-13-9-6-8(11)10(14-2)5-7(9)3-4-12/h5-6H,3-4,12H2,1-2H3/i5+1. The fourth-order valence-corrected chi connectivity index (χ4v) is 1.51. The lowest BCUT2D eigenvalue weighted by Crippen LogP contribution is -2.04. The topological polar surface area (TPSA) is 44.5 Å². The molecule has 0 saturated heterocycles. The van der Waals surface area contributed by atoms with Crippen molar-refractivity contribution in [2.75, 3.05) is 20.8 Å². The van der Waals surface area contributed by atoms with Crippen molar-refractivity contribution in [1.29, 1.82) is 0 Å². The molecule has 14 heavy (non-hydrogen) atoms. The molecule has 1 rings (SSSR count). The molecule has 2 N–H and O–H groups in total. The maximum Gasteiger partial charge on any atom is 0.137 e. The van der Waals surface area contributed by atoms with Crippen LogP contribution >= 0.6 is 11.6 Å². The van der Waals surface area contributed by atoms with Crippen LogP contribution in [0.15, 0.2) is 12.1 Å². The highest BCUT2D eigenvalue weighted by Crippen LogP contribution is 2.32. The first-order chi connectivity index (χ1) is 6.72. The molecule has 1 aromatic rings. The molecule has 3 nitrogen and oxygen atoms in total. The Labute approximate surface area is 88.8 Å². The van der Waals surface area contributed by atoms with Gasteiger partial charge < -0.3 is 15.2 Å². The molecule has 0 aliphatic rings. The average Bonchev–Trinajstić information content (AvgIpc) is 2.20. The van der Waals surface area contributed by atoms with Crippen molar-refractivity contribution in [3.8, 4) is 11.5 Å². The normalized spacial score (nSPS) is 10.0. The summed E-state index contributed by atoms with van der Waals surface area (Å²) in [5.74, 6) is 1.40. The zero-order chi connectivity index (χ0) is 10.6. The van der Waals surface area contributed by atoms with Crippen molar-refractivity contribution < 1.29 is 9.47 Å². The van der Waals surface area contributed by atoms with Gasteiger partial charge in [0.2, 0.25) is 0 Å². The van der Waals surface area contributed by atoms with Crippen LogP contribution in [-0.4, -0.2) is 20.8 Å². The maximum atomic E-state index is 5.94. The van der Waals surface area contributed by atoms with Gasteiger partial charge in [0.15, 0.2) is 0 Å². The first-order valence-electron chi connectivity index (χ1n) is 4.33. The van der Waals surface area contributed by atoms with Gasteiger partial charge >= 0.3 is 0 Å². The molecule has 0 unspecified atom stereocenters. The van der Waals surface area contributed by atoms with Crippen LogP contribution in [0, 0.1) is 0 Å². The summed E-state index contributed by atoms with van der Waals surface area (Å²) in [4.78, 5) is 0. The van der Waals surface area contributed by atoms with E-state index in [9.17, 15) is 0 Å². The number of rotatable bonds is 4. The number of benzene rings is 1. The van der Waals surface area contributed by atoms with Crippen LogP contribution in [0.4, 0.5) is 0 Å². The van der Waals surface area contributed by atoms with Gasteiger partial charge in [0.1, 0.15) is 11.5 Å². The summed E-state index contributed by atoms with van der Waals surface area (Å²) in [5.41, 5.74) is 6.49. The molecule has 0 bridgehead atoms. The quantitative estimate of drug-likeness (QED) is 0.836. The molecular weight excluding hydrogens is 203 g/mol. The summed E-state index contributed by atoms with van der Waals surface area (Å²) in [5, 5.41) is 0.546. The molecule has 0 aliphatic heterocycles. The van der Waals surface area contributed by atoms with Crippen LogP contribution in [0.2, 0.25) is 5.02 Å². The zero-order valence-electron chi connectivity index (χ0n) is 8.34. The minimum atomic E-state index is 0.546. The van der Waals surface area contributed by atoms with Gasteiger partial charge in [0.05, 0.1) is 19.2 Å². The second kappa shape index (κ2) is 5.08. The minimum Gasteiger partial charge on any atom is -0.496 e. The van der Waals surface area contributed by atoms with E-state index in [0.29, 0.717) is 17.3 Å². The Morgan fingerprint density at radius 3 is 2.36 bits per heavy atom. The van der Waals surface area contributed by atoms with E-state index in [1.54, 1.807) is 20.3 Å². The summed E-state index contributed by atoms with van der Waals surface area (Å²) in [7, 11) is 3.19. The lowest BCUT2D eigenvalue weighted by atomic mass is 10.2. The van der Waals surface area contributed by atoms with Crippen molar-refractivity contribution in [3.63, 3.8) is 0 Å². The van der Waals surface area contributed by atoms with E-state index in [4.69, 9.17) is 26.8 Å². The molecule has 0 radical (unpaired) electrons. The molecule has 0 saturated carbocycles. The van der Waals surface area contributed by atoms with Crippen molar-refractivity contribution in [1.82, 2.24) is 0 Å². The third-order valence-corrected chi connectivity index (χ3v) is 2.26. The summed E-state index contributed by atoms with van der Waals surface area (Å²) < 4.78 is 10.3. The molecular formula is C10H14ClNO2. The molecule has 0 fully saturated rings. The monoisotopic (exact) mass is 216 g/mol. The number of nitrogens with two attached hydrogens (primary N) is 1. The number of methoxy groups -OCH3 is 2. The highest BCUT2D eigenvalue weighted by Gasteiger charge is 2.08. The maximum absolute atomic E-state index is 5.94. The van der Waals surface area contributed by atoms with Crippen LogP contribution in [0.1, 0.15) is 5.56 Å². The van der Waals surface area contributed by atoms with Gasteiger partial charge in [-0.1, -0.05) is 11.6 Å². The summed E-state index contributed by atoms with van der Waals surface area (Å²) in [6, 6.07) is 3.60.